The van der Waals surface area contributed by atoms with E-state index in [1.165, 1.54) is 0 Å². The molecule has 18 heavy (non-hydrogen) atoms. The number of hydrogen-bond donors (Lipinski definition) is 0. The third kappa shape index (κ3) is 2.84. The first-order valence-electron chi connectivity index (χ1n) is 5.12. The Morgan fingerprint density at radius 2 is 2.00 bits per heavy atom. The highest BCUT2D eigenvalue weighted by atomic mass is 127. The molecule has 0 spiro atoms. The summed E-state index contributed by atoms with van der Waals surface area (Å²) in [4.78, 5) is 16.6. The van der Waals surface area contributed by atoms with Gasteiger partial charge in [0, 0.05) is 16.3 Å². The minimum atomic E-state index is -0.167. The number of pyridine rings is 1. The third-order valence-electron chi connectivity index (χ3n) is 2.37. The number of benzene rings is 1. The van der Waals surface area contributed by atoms with Crippen LogP contribution in [0.5, 0.6) is 0 Å². The van der Waals surface area contributed by atoms with Crippen molar-refractivity contribution in [2.24, 2.45) is 0 Å². The van der Waals surface area contributed by atoms with Crippen molar-refractivity contribution >= 4 is 51.6 Å². The summed E-state index contributed by atoms with van der Waals surface area (Å²) in [7, 11) is 0. The van der Waals surface area contributed by atoms with Gasteiger partial charge in [0.25, 0.3) is 0 Å². The van der Waals surface area contributed by atoms with Crippen LogP contribution in [0.15, 0.2) is 30.3 Å². The van der Waals surface area contributed by atoms with E-state index in [1.807, 2.05) is 29.5 Å². The van der Waals surface area contributed by atoms with E-state index >= 15 is 0 Å². The number of aromatic nitrogens is 1. The highest BCUT2D eigenvalue weighted by Crippen LogP contribution is 2.25. The van der Waals surface area contributed by atoms with E-state index in [0.29, 0.717) is 24.9 Å². The molecule has 0 saturated carbocycles. The maximum absolute atomic E-state index is 12.4. The molecule has 92 valence electrons. The quantitative estimate of drug-likeness (QED) is 0.427. The predicted molar refractivity (Wildman–Crippen MR) is 81.6 cm³/mol. The molecule has 0 aliphatic carbocycles. The van der Waals surface area contributed by atoms with Gasteiger partial charge in [-0.25, -0.2) is 4.98 Å². The largest absolute Gasteiger partial charge is 0.288 e. The third-order valence-corrected chi connectivity index (χ3v) is 3.68. The fourth-order valence-corrected chi connectivity index (χ4v) is 3.17. The first kappa shape index (κ1) is 13.8. The summed E-state index contributed by atoms with van der Waals surface area (Å²) in [6.07, 6.45) is 0. The van der Waals surface area contributed by atoms with Gasteiger partial charge in [-0.15, -0.1) is 0 Å². The van der Waals surface area contributed by atoms with Gasteiger partial charge in [0.1, 0.15) is 3.70 Å². The van der Waals surface area contributed by atoms with Gasteiger partial charge in [-0.1, -0.05) is 35.3 Å². The summed E-state index contributed by atoms with van der Waals surface area (Å²) in [6, 6.07) is 8.47. The van der Waals surface area contributed by atoms with Gasteiger partial charge in [-0.3, -0.25) is 4.79 Å². The molecule has 0 N–H and O–H groups in total. The van der Waals surface area contributed by atoms with Crippen molar-refractivity contribution in [2.75, 3.05) is 0 Å². The van der Waals surface area contributed by atoms with Crippen LogP contribution in [0.2, 0.25) is 10.0 Å². The molecule has 5 heteroatoms. The van der Waals surface area contributed by atoms with Crippen LogP contribution in [0.4, 0.5) is 0 Å². The van der Waals surface area contributed by atoms with Crippen LogP contribution in [0, 0.1) is 10.6 Å². The van der Waals surface area contributed by atoms with Gasteiger partial charge >= 0.3 is 0 Å². The van der Waals surface area contributed by atoms with Gasteiger partial charge in [-0.2, -0.15) is 0 Å². The molecule has 0 aliphatic heterocycles. The van der Waals surface area contributed by atoms with E-state index in [1.54, 1.807) is 30.3 Å². The first-order chi connectivity index (χ1) is 8.49. The van der Waals surface area contributed by atoms with Gasteiger partial charge in [0.2, 0.25) is 0 Å². The van der Waals surface area contributed by atoms with Gasteiger partial charge in [0.05, 0.1) is 10.6 Å². The van der Waals surface area contributed by atoms with Crippen molar-refractivity contribution in [1.29, 1.82) is 0 Å². The summed E-state index contributed by atoms with van der Waals surface area (Å²) >= 11 is 14.0. The second kappa shape index (κ2) is 5.55. The molecule has 2 aromatic rings. The number of carbonyl (C=O) groups is 1. The van der Waals surface area contributed by atoms with Crippen LogP contribution in [0.1, 0.15) is 21.6 Å². The Bertz CT molecular complexity index is 605. The molecule has 1 heterocycles. The lowest BCUT2D eigenvalue weighted by atomic mass is 10.0. The molecule has 0 bridgehead atoms. The second-order valence-electron chi connectivity index (χ2n) is 3.75. The molecule has 0 amide bonds. The molecule has 0 saturated heterocycles. The molecule has 2 nitrogen and oxygen atoms in total. The summed E-state index contributed by atoms with van der Waals surface area (Å²) in [5.41, 5.74) is 1.71. The maximum Gasteiger partial charge on any atom is 0.197 e. The number of ketones is 1. The summed E-state index contributed by atoms with van der Waals surface area (Å²) < 4.78 is 0.600. The second-order valence-corrected chi connectivity index (χ2v) is 5.62. The summed E-state index contributed by atoms with van der Waals surface area (Å²) in [6.45, 7) is 1.84. The molecule has 0 fully saturated rings. The number of hydrogen-bond acceptors (Lipinski definition) is 2. The van der Waals surface area contributed by atoms with Crippen LogP contribution in [0.25, 0.3) is 0 Å². The molecule has 0 aliphatic rings. The van der Waals surface area contributed by atoms with E-state index in [2.05, 4.69) is 4.98 Å². The molecular formula is C13H8Cl2INO. The molecule has 0 unspecified atom stereocenters. The molecule has 0 atom stereocenters. The average Bonchev–Trinajstić information content (AvgIpc) is 2.27. The van der Waals surface area contributed by atoms with Crippen molar-refractivity contribution in [1.82, 2.24) is 4.98 Å². The number of carbonyl (C=O) groups excluding carboxylic acids is 1. The van der Waals surface area contributed by atoms with Gasteiger partial charge in [-0.05, 0) is 47.7 Å². The van der Waals surface area contributed by atoms with Gasteiger partial charge < -0.3 is 0 Å². The van der Waals surface area contributed by atoms with Crippen LogP contribution >= 0.6 is 45.8 Å². The fourth-order valence-electron chi connectivity index (χ4n) is 1.57. The van der Waals surface area contributed by atoms with E-state index < -0.39 is 0 Å². The lowest BCUT2D eigenvalue weighted by Crippen LogP contribution is -2.07. The first-order valence-corrected chi connectivity index (χ1v) is 6.95. The molecule has 1 aromatic heterocycles. The normalized spacial score (nSPS) is 10.4. The van der Waals surface area contributed by atoms with Crippen LogP contribution in [-0.4, -0.2) is 10.8 Å². The predicted octanol–water partition coefficient (Wildman–Crippen LogP) is 4.53. The zero-order valence-electron chi connectivity index (χ0n) is 9.38. The Labute approximate surface area is 128 Å². The standard InChI is InChI=1S/C13H8Cl2INO/c1-7-5-10(15)11(13(16)17-7)12(18)8-3-2-4-9(14)6-8/h2-6H,1H3. The topological polar surface area (TPSA) is 30.0 Å². The highest BCUT2D eigenvalue weighted by Gasteiger charge is 2.18. The smallest absolute Gasteiger partial charge is 0.197 e. The Morgan fingerprint density at radius 3 is 2.61 bits per heavy atom. The van der Waals surface area contributed by atoms with Crippen LogP contribution < -0.4 is 0 Å². The molecular weight excluding hydrogens is 384 g/mol. The van der Waals surface area contributed by atoms with E-state index in [0.717, 1.165) is 5.69 Å². The van der Waals surface area contributed by atoms with Crippen LogP contribution in [-0.2, 0) is 0 Å². The van der Waals surface area contributed by atoms with E-state index in [-0.39, 0.29) is 5.78 Å². The van der Waals surface area contributed by atoms with Gasteiger partial charge in [0.15, 0.2) is 5.78 Å². The number of nitrogens with zero attached hydrogens (tertiary/aromatic N) is 1. The van der Waals surface area contributed by atoms with Crippen LogP contribution in [0.3, 0.4) is 0 Å². The Kier molecular flexibility index (Phi) is 4.25. The average molecular weight is 392 g/mol. The minimum absolute atomic E-state index is 0.167. The monoisotopic (exact) mass is 391 g/mol. The van der Waals surface area contributed by atoms with Crippen molar-refractivity contribution in [3.63, 3.8) is 0 Å². The molecule has 2 rings (SSSR count). The number of aryl methyl sites for hydroxylation is 1. The SMILES string of the molecule is Cc1cc(Cl)c(C(=O)c2cccc(Cl)c2)c(I)n1. The zero-order chi connectivity index (χ0) is 13.3. The van der Waals surface area contributed by atoms with Crippen molar-refractivity contribution in [3.05, 3.63) is 60.9 Å². The van der Waals surface area contributed by atoms with Crippen molar-refractivity contribution < 1.29 is 4.79 Å². The van der Waals surface area contributed by atoms with Crippen molar-refractivity contribution in [3.8, 4) is 0 Å². The van der Waals surface area contributed by atoms with Crippen molar-refractivity contribution in [2.45, 2.75) is 6.92 Å². The summed E-state index contributed by atoms with van der Waals surface area (Å²) in [5, 5.41) is 0.934. The lowest BCUT2D eigenvalue weighted by Gasteiger charge is -2.07. The lowest BCUT2D eigenvalue weighted by molar-refractivity contribution is 0.103. The molecule has 1 aromatic carbocycles. The Balaban J connectivity index is 2.53. The summed E-state index contributed by atoms with van der Waals surface area (Å²) in [5.74, 6) is -0.167. The Morgan fingerprint density at radius 1 is 1.28 bits per heavy atom. The number of rotatable bonds is 2. The van der Waals surface area contributed by atoms with E-state index in [9.17, 15) is 4.79 Å². The fraction of sp³-hybridized carbons (Fsp3) is 0.0769. The van der Waals surface area contributed by atoms with E-state index in [4.69, 9.17) is 23.2 Å². The maximum atomic E-state index is 12.4. The minimum Gasteiger partial charge on any atom is -0.288 e. The highest BCUT2D eigenvalue weighted by molar-refractivity contribution is 14.1. The Hall–Kier alpha value is -0.650. The number of halogens is 3. The zero-order valence-corrected chi connectivity index (χ0v) is 13.0. The molecule has 0 radical (unpaired) electrons.